The van der Waals surface area contributed by atoms with Crippen LogP contribution in [0.3, 0.4) is 0 Å². The van der Waals surface area contributed by atoms with Gasteiger partial charge in [0.1, 0.15) is 17.9 Å². The number of amides is 2. The van der Waals surface area contributed by atoms with Gasteiger partial charge < -0.3 is 25.8 Å². The van der Waals surface area contributed by atoms with Crippen LogP contribution in [0.5, 0.6) is 11.6 Å². The van der Waals surface area contributed by atoms with Gasteiger partial charge in [0, 0.05) is 12.0 Å². The number of carbonyl (C=O) groups excluding carboxylic acids is 2. The topological polar surface area (TPSA) is 134 Å². The second-order valence-electron chi connectivity index (χ2n) is 9.83. The molecule has 1 fully saturated rings. The molecule has 1 aliphatic heterocycles. The van der Waals surface area contributed by atoms with Crippen LogP contribution in [0.2, 0.25) is 0 Å². The summed E-state index contributed by atoms with van der Waals surface area (Å²) in [6.45, 7) is 5.81. The van der Waals surface area contributed by atoms with E-state index in [4.69, 9.17) is 30.9 Å². The molecule has 2 heterocycles. The van der Waals surface area contributed by atoms with Gasteiger partial charge in [0.15, 0.2) is 5.82 Å². The fourth-order valence-corrected chi connectivity index (χ4v) is 4.12. The highest BCUT2D eigenvalue weighted by Crippen LogP contribution is 2.32. The number of nitrogens with zero attached hydrogens (tertiary/aromatic N) is 3. The van der Waals surface area contributed by atoms with Crippen molar-refractivity contribution < 1.29 is 19.1 Å². The SMILES string of the molecule is COc1ccc2nc(-c3ccccc3)nc(O[C@@H]3CC(C(N)=O)N(C(=O)[C@@H](N)C(C)(C)C)C3)c2c1. The minimum absolute atomic E-state index is 0.173. The molecule has 0 bridgehead atoms. The number of likely N-dealkylation sites (tertiary alicyclic amines) is 1. The summed E-state index contributed by atoms with van der Waals surface area (Å²) in [4.78, 5) is 36.2. The molecule has 0 radical (unpaired) electrons. The number of primary amides is 1. The number of hydrogen-bond donors (Lipinski definition) is 2. The van der Waals surface area contributed by atoms with Gasteiger partial charge >= 0.3 is 0 Å². The predicted octanol–water partition coefficient (Wildman–Crippen LogP) is 2.51. The second-order valence-corrected chi connectivity index (χ2v) is 9.83. The van der Waals surface area contributed by atoms with E-state index >= 15 is 0 Å². The van der Waals surface area contributed by atoms with Crippen molar-refractivity contribution in [3.63, 3.8) is 0 Å². The van der Waals surface area contributed by atoms with E-state index in [1.165, 1.54) is 4.90 Å². The lowest BCUT2D eigenvalue weighted by Gasteiger charge is -2.31. The molecule has 184 valence electrons. The number of ether oxygens (including phenoxy) is 2. The Bertz CT molecular complexity index is 1240. The van der Waals surface area contributed by atoms with E-state index in [0.29, 0.717) is 28.4 Å². The summed E-state index contributed by atoms with van der Waals surface area (Å²) in [5.74, 6) is 0.560. The molecule has 3 atom stereocenters. The highest BCUT2D eigenvalue weighted by molar-refractivity contribution is 5.90. The van der Waals surface area contributed by atoms with E-state index in [1.54, 1.807) is 13.2 Å². The zero-order chi connectivity index (χ0) is 25.3. The van der Waals surface area contributed by atoms with Crippen molar-refractivity contribution in [2.75, 3.05) is 13.7 Å². The molecule has 1 aliphatic rings. The Morgan fingerprint density at radius 3 is 2.46 bits per heavy atom. The number of fused-ring (bicyclic) bond motifs is 1. The third kappa shape index (κ3) is 5.05. The van der Waals surface area contributed by atoms with Crippen molar-refractivity contribution in [2.24, 2.45) is 16.9 Å². The number of methoxy groups -OCH3 is 1. The molecule has 1 unspecified atom stereocenters. The summed E-state index contributed by atoms with van der Waals surface area (Å²) < 4.78 is 11.7. The van der Waals surface area contributed by atoms with Crippen molar-refractivity contribution in [3.05, 3.63) is 48.5 Å². The quantitative estimate of drug-likeness (QED) is 0.557. The Morgan fingerprint density at radius 2 is 1.83 bits per heavy atom. The molecule has 1 aromatic heterocycles. The summed E-state index contributed by atoms with van der Waals surface area (Å²) in [7, 11) is 1.58. The van der Waals surface area contributed by atoms with Crippen LogP contribution in [0.1, 0.15) is 27.2 Å². The molecule has 35 heavy (non-hydrogen) atoms. The molecule has 0 aliphatic carbocycles. The molecule has 3 aromatic rings. The summed E-state index contributed by atoms with van der Waals surface area (Å²) in [5.41, 5.74) is 12.9. The molecule has 4 rings (SSSR count). The summed E-state index contributed by atoms with van der Waals surface area (Å²) in [5, 5.41) is 0.663. The van der Waals surface area contributed by atoms with Gasteiger partial charge in [-0.25, -0.2) is 4.98 Å². The van der Waals surface area contributed by atoms with Crippen molar-refractivity contribution in [3.8, 4) is 23.0 Å². The first kappa shape index (κ1) is 24.4. The fourth-order valence-electron chi connectivity index (χ4n) is 4.12. The van der Waals surface area contributed by atoms with Gasteiger partial charge in [-0.1, -0.05) is 51.1 Å². The molecular weight excluding hydrogens is 446 g/mol. The maximum atomic E-state index is 13.1. The molecular formula is C26H31N5O4. The molecule has 9 heteroatoms. The predicted molar refractivity (Wildman–Crippen MR) is 133 cm³/mol. The van der Waals surface area contributed by atoms with E-state index in [0.717, 1.165) is 5.56 Å². The average molecular weight is 478 g/mol. The van der Waals surface area contributed by atoms with Crippen molar-refractivity contribution >= 4 is 22.7 Å². The van der Waals surface area contributed by atoms with Crippen LogP contribution in [0.4, 0.5) is 0 Å². The van der Waals surface area contributed by atoms with Crippen molar-refractivity contribution in [1.82, 2.24) is 14.9 Å². The second kappa shape index (κ2) is 9.50. The minimum Gasteiger partial charge on any atom is -0.497 e. The first-order valence-corrected chi connectivity index (χ1v) is 11.5. The molecule has 0 saturated carbocycles. The maximum Gasteiger partial charge on any atom is 0.240 e. The smallest absolute Gasteiger partial charge is 0.240 e. The Hall–Kier alpha value is -3.72. The van der Waals surface area contributed by atoms with Gasteiger partial charge in [-0.3, -0.25) is 9.59 Å². The van der Waals surface area contributed by atoms with E-state index in [-0.39, 0.29) is 18.9 Å². The lowest BCUT2D eigenvalue weighted by Crippen LogP contribution is -2.54. The summed E-state index contributed by atoms with van der Waals surface area (Å²) in [6, 6.07) is 13.5. The van der Waals surface area contributed by atoms with E-state index < -0.39 is 29.5 Å². The van der Waals surface area contributed by atoms with Crippen molar-refractivity contribution in [2.45, 2.75) is 45.4 Å². The zero-order valence-corrected chi connectivity index (χ0v) is 20.4. The Morgan fingerprint density at radius 1 is 1.11 bits per heavy atom. The number of carbonyl (C=O) groups is 2. The van der Waals surface area contributed by atoms with E-state index in [9.17, 15) is 9.59 Å². The first-order chi connectivity index (χ1) is 16.6. The Kier molecular flexibility index (Phi) is 6.62. The van der Waals surface area contributed by atoms with Gasteiger partial charge in [-0.15, -0.1) is 0 Å². The van der Waals surface area contributed by atoms with Crippen LogP contribution in [-0.2, 0) is 9.59 Å². The molecule has 4 N–H and O–H groups in total. The number of hydrogen-bond acceptors (Lipinski definition) is 7. The standard InChI is InChI=1S/C26H31N5O4/c1-26(2,3)21(27)25(33)31-14-17(13-20(31)22(28)32)35-24-18-12-16(34-4)10-11-19(18)29-23(30-24)15-8-6-5-7-9-15/h5-12,17,20-21H,13-14,27H2,1-4H3,(H2,28,32)/t17-,20?,21-/m1/s1. The highest BCUT2D eigenvalue weighted by atomic mass is 16.5. The van der Waals surface area contributed by atoms with Crippen LogP contribution in [-0.4, -0.2) is 58.5 Å². The van der Waals surface area contributed by atoms with Crippen LogP contribution >= 0.6 is 0 Å². The number of rotatable bonds is 6. The monoisotopic (exact) mass is 477 g/mol. The lowest BCUT2D eigenvalue weighted by atomic mass is 9.86. The largest absolute Gasteiger partial charge is 0.497 e. The van der Waals surface area contributed by atoms with Gasteiger partial charge in [0.05, 0.1) is 30.6 Å². The number of nitrogens with two attached hydrogens (primary N) is 2. The third-order valence-electron chi connectivity index (χ3n) is 6.25. The number of aromatic nitrogens is 2. The van der Waals surface area contributed by atoms with Gasteiger partial charge in [0.25, 0.3) is 0 Å². The maximum absolute atomic E-state index is 13.1. The van der Waals surface area contributed by atoms with Crippen LogP contribution in [0.15, 0.2) is 48.5 Å². The normalized spacial score (nSPS) is 18.9. The summed E-state index contributed by atoms with van der Waals surface area (Å²) in [6.07, 6.45) is -0.259. The molecule has 2 amide bonds. The highest BCUT2D eigenvalue weighted by Gasteiger charge is 2.43. The third-order valence-corrected chi connectivity index (χ3v) is 6.25. The molecule has 0 spiro atoms. The average Bonchev–Trinajstić information content (AvgIpc) is 3.27. The lowest BCUT2D eigenvalue weighted by molar-refractivity contribution is -0.140. The van der Waals surface area contributed by atoms with E-state index in [1.807, 2.05) is 63.2 Å². The van der Waals surface area contributed by atoms with Gasteiger partial charge in [-0.05, 0) is 23.6 Å². The van der Waals surface area contributed by atoms with Crippen molar-refractivity contribution in [1.29, 1.82) is 0 Å². The first-order valence-electron chi connectivity index (χ1n) is 11.5. The summed E-state index contributed by atoms with van der Waals surface area (Å²) >= 11 is 0. The molecule has 1 saturated heterocycles. The van der Waals surface area contributed by atoms with Crippen LogP contribution in [0, 0.1) is 5.41 Å². The van der Waals surface area contributed by atoms with Crippen LogP contribution in [0.25, 0.3) is 22.3 Å². The molecule has 9 nitrogen and oxygen atoms in total. The fraction of sp³-hybridized carbons (Fsp3) is 0.385. The van der Waals surface area contributed by atoms with Gasteiger partial charge in [-0.2, -0.15) is 4.98 Å². The zero-order valence-electron chi connectivity index (χ0n) is 20.4. The Labute approximate surface area is 204 Å². The number of benzene rings is 2. The minimum atomic E-state index is -0.808. The van der Waals surface area contributed by atoms with Gasteiger partial charge in [0.2, 0.25) is 17.7 Å². The molecule has 2 aromatic carbocycles. The van der Waals surface area contributed by atoms with E-state index in [2.05, 4.69) is 0 Å². The van der Waals surface area contributed by atoms with Crippen LogP contribution < -0.4 is 20.9 Å². The Balaban J connectivity index is 1.70.